The summed E-state index contributed by atoms with van der Waals surface area (Å²) >= 11 is 6.15. The summed E-state index contributed by atoms with van der Waals surface area (Å²) in [5, 5.41) is 3.56. The summed E-state index contributed by atoms with van der Waals surface area (Å²) in [5.74, 6) is 1.56. The molecule has 0 saturated carbocycles. The number of rotatable bonds is 2. The van der Waals surface area contributed by atoms with Crippen LogP contribution in [0.2, 0.25) is 5.02 Å². The van der Waals surface area contributed by atoms with Gasteiger partial charge in [-0.2, -0.15) is 0 Å². The van der Waals surface area contributed by atoms with Crippen LogP contribution in [0.15, 0.2) is 34.9 Å². The van der Waals surface area contributed by atoms with Crippen LogP contribution in [0.4, 0.5) is 10.5 Å². The number of ether oxygens (including phenoxy) is 1. The van der Waals surface area contributed by atoms with Gasteiger partial charge in [0.15, 0.2) is 0 Å². The number of urea groups is 1. The molecule has 120 valence electrons. The highest BCUT2D eigenvalue weighted by Crippen LogP contribution is 2.38. The molecule has 2 aromatic rings. The van der Waals surface area contributed by atoms with Gasteiger partial charge in [-0.05, 0) is 37.1 Å². The van der Waals surface area contributed by atoms with E-state index in [1.807, 2.05) is 18.2 Å². The molecule has 2 aliphatic heterocycles. The van der Waals surface area contributed by atoms with Crippen molar-refractivity contribution in [2.24, 2.45) is 0 Å². The van der Waals surface area contributed by atoms with Crippen LogP contribution in [0.1, 0.15) is 30.2 Å². The number of likely N-dealkylation sites (tertiary alicyclic amines) is 1. The van der Waals surface area contributed by atoms with Gasteiger partial charge in [0, 0.05) is 23.6 Å². The molecule has 6 heteroatoms. The minimum atomic E-state index is -0.149. The van der Waals surface area contributed by atoms with Gasteiger partial charge in [0.05, 0.1) is 24.6 Å². The van der Waals surface area contributed by atoms with Gasteiger partial charge < -0.3 is 19.4 Å². The molecule has 1 atom stereocenters. The van der Waals surface area contributed by atoms with E-state index in [0.29, 0.717) is 23.9 Å². The van der Waals surface area contributed by atoms with E-state index in [0.717, 1.165) is 36.3 Å². The first kappa shape index (κ1) is 14.5. The summed E-state index contributed by atoms with van der Waals surface area (Å²) < 4.78 is 11.1. The molecule has 1 fully saturated rings. The minimum Gasteiger partial charge on any atom is -0.491 e. The van der Waals surface area contributed by atoms with Crippen molar-refractivity contribution in [1.82, 2.24) is 4.90 Å². The highest BCUT2D eigenvalue weighted by atomic mass is 35.5. The van der Waals surface area contributed by atoms with E-state index in [1.165, 1.54) is 0 Å². The fourth-order valence-corrected chi connectivity index (χ4v) is 3.58. The lowest BCUT2D eigenvalue weighted by atomic mass is 10.1. The van der Waals surface area contributed by atoms with E-state index in [2.05, 4.69) is 5.32 Å². The topological polar surface area (TPSA) is 54.7 Å². The fourth-order valence-electron chi connectivity index (χ4n) is 3.34. The van der Waals surface area contributed by atoms with Crippen molar-refractivity contribution in [2.45, 2.75) is 25.3 Å². The molecule has 0 bridgehead atoms. The molecule has 0 spiro atoms. The largest absolute Gasteiger partial charge is 0.491 e. The highest BCUT2D eigenvalue weighted by molar-refractivity contribution is 6.31. The lowest BCUT2D eigenvalue weighted by molar-refractivity contribution is 0.199. The molecule has 1 aromatic carbocycles. The number of hydrogen-bond donors (Lipinski definition) is 1. The molecule has 23 heavy (non-hydrogen) atoms. The van der Waals surface area contributed by atoms with Crippen LogP contribution >= 0.6 is 11.6 Å². The maximum Gasteiger partial charge on any atom is 0.322 e. The molecule has 4 rings (SSSR count). The Kier molecular flexibility index (Phi) is 3.65. The summed E-state index contributed by atoms with van der Waals surface area (Å²) in [7, 11) is 0. The van der Waals surface area contributed by atoms with E-state index >= 15 is 0 Å². The number of anilines is 1. The first-order chi connectivity index (χ1) is 11.2. The van der Waals surface area contributed by atoms with Crippen molar-refractivity contribution in [3.63, 3.8) is 0 Å². The fraction of sp³-hybridized carbons (Fsp3) is 0.353. The smallest absolute Gasteiger partial charge is 0.322 e. The second-order valence-corrected chi connectivity index (χ2v) is 6.27. The van der Waals surface area contributed by atoms with Gasteiger partial charge >= 0.3 is 6.03 Å². The van der Waals surface area contributed by atoms with Crippen molar-refractivity contribution in [2.75, 3.05) is 18.5 Å². The van der Waals surface area contributed by atoms with Crippen molar-refractivity contribution in [1.29, 1.82) is 0 Å². The molecule has 3 heterocycles. The number of amides is 2. The van der Waals surface area contributed by atoms with Crippen LogP contribution in [0.5, 0.6) is 5.75 Å². The lowest BCUT2D eigenvalue weighted by Crippen LogP contribution is -2.34. The molecule has 0 radical (unpaired) electrons. The Hall–Kier alpha value is -2.14. The number of carbonyl (C=O) groups is 1. The number of furan rings is 1. The average Bonchev–Trinajstić information content (AvgIpc) is 3.27. The third kappa shape index (κ3) is 2.65. The van der Waals surface area contributed by atoms with Crippen molar-refractivity contribution in [3.05, 3.63) is 46.9 Å². The number of hydrogen-bond acceptors (Lipinski definition) is 3. The number of carbonyl (C=O) groups excluding carboxylic acids is 1. The van der Waals surface area contributed by atoms with Gasteiger partial charge in [0.2, 0.25) is 0 Å². The van der Waals surface area contributed by atoms with E-state index in [-0.39, 0.29) is 12.1 Å². The summed E-state index contributed by atoms with van der Waals surface area (Å²) in [6, 6.07) is 7.22. The summed E-state index contributed by atoms with van der Waals surface area (Å²) in [6.45, 7) is 1.33. The predicted molar refractivity (Wildman–Crippen MR) is 87.1 cm³/mol. The van der Waals surface area contributed by atoms with Crippen molar-refractivity contribution in [3.8, 4) is 5.75 Å². The van der Waals surface area contributed by atoms with Crippen LogP contribution in [0, 0.1) is 0 Å². The van der Waals surface area contributed by atoms with E-state index < -0.39 is 0 Å². The standard InChI is InChI=1S/C17H17ClN2O3/c18-12-9-11-5-8-23-16(11)13(10-12)19-17(21)20-6-1-3-14(20)15-4-2-7-22-15/h2,4,7,9-10,14H,1,3,5-6,8H2,(H,19,21). The Bertz CT molecular complexity index is 730. The molecule has 1 N–H and O–H groups in total. The van der Waals surface area contributed by atoms with Crippen LogP contribution < -0.4 is 10.1 Å². The first-order valence-corrected chi connectivity index (χ1v) is 8.16. The molecular formula is C17H17ClN2O3. The van der Waals surface area contributed by atoms with Gasteiger partial charge in [0.1, 0.15) is 11.5 Å². The van der Waals surface area contributed by atoms with E-state index in [1.54, 1.807) is 17.2 Å². The van der Waals surface area contributed by atoms with Crippen LogP contribution in [-0.2, 0) is 6.42 Å². The SMILES string of the molecule is O=C(Nc1cc(Cl)cc2c1OCC2)N1CCCC1c1ccco1. The third-order valence-electron chi connectivity index (χ3n) is 4.38. The zero-order valence-electron chi connectivity index (χ0n) is 12.5. The van der Waals surface area contributed by atoms with E-state index in [4.69, 9.17) is 20.8 Å². The third-order valence-corrected chi connectivity index (χ3v) is 4.59. The number of halogens is 1. The van der Waals surface area contributed by atoms with Gasteiger partial charge in [-0.15, -0.1) is 0 Å². The monoisotopic (exact) mass is 332 g/mol. The maximum atomic E-state index is 12.7. The molecular weight excluding hydrogens is 316 g/mol. The maximum absolute atomic E-state index is 12.7. The second-order valence-electron chi connectivity index (χ2n) is 5.84. The van der Waals surface area contributed by atoms with E-state index in [9.17, 15) is 4.79 Å². The van der Waals surface area contributed by atoms with Gasteiger partial charge in [-0.1, -0.05) is 11.6 Å². The van der Waals surface area contributed by atoms with Gasteiger partial charge in [0.25, 0.3) is 0 Å². The van der Waals surface area contributed by atoms with Gasteiger partial charge in [-0.3, -0.25) is 0 Å². The Balaban J connectivity index is 1.56. The zero-order chi connectivity index (χ0) is 15.8. The predicted octanol–water partition coefficient (Wildman–Crippen LogP) is 4.24. The number of fused-ring (bicyclic) bond motifs is 1. The highest BCUT2D eigenvalue weighted by Gasteiger charge is 2.32. The quantitative estimate of drug-likeness (QED) is 0.895. The molecule has 0 aliphatic carbocycles. The Morgan fingerprint density at radius 2 is 2.30 bits per heavy atom. The summed E-state index contributed by atoms with van der Waals surface area (Å²) in [5.41, 5.74) is 1.68. The summed E-state index contributed by atoms with van der Waals surface area (Å²) in [6.07, 6.45) is 4.33. The zero-order valence-corrected chi connectivity index (χ0v) is 13.3. The molecule has 1 unspecified atom stereocenters. The normalized spacial score (nSPS) is 19.5. The number of nitrogens with zero attached hydrogens (tertiary/aromatic N) is 1. The Labute approximate surface area is 139 Å². The molecule has 2 amide bonds. The van der Waals surface area contributed by atoms with Gasteiger partial charge in [-0.25, -0.2) is 4.79 Å². The molecule has 1 saturated heterocycles. The Morgan fingerprint density at radius 3 is 3.13 bits per heavy atom. The Morgan fingerprint density at radius 1 is 1.39 bits per heavy atom. The van der Waals surface area contributed by atoms with Crippen molar-refractivity contribution < 1.29 is 13.9 Å². The molecule has 1 aromatic heterocycles. The van der Waals surface area contributed by atoms with Crippen LogP contribution in [-0.4, -0.2) is 24.1 Å². The second kappa shape index (κ2) is 5.81. The van der Waals surface area contributed by atoms with Crippen LogP contribution in [0.25, 0.3) is 0 Å². The van der Waals surface area contributed by atoms with Crippen molar-refractivity contribution >= 4 is 23.3 Å². The summed E-state index contributed by atoms with van der Waals surface area (Å²) in [4.78, 5) is 14.5. The first-order valence-electron chi connectivity index (χ1n) is 7.78. The number of nitrogens with one attached hydrogen (secondary N) is 1. The van der Waals surface area contributed by atoms with Crippen LogP contribution in [0.3, 0.4) is 0 Å². The number of benzene rings is 1. The lowest BCUT2D eigenvalue weighted by Gasteiger charge is -2.24. The minimum absolute atomic E-state index is 0.0156. The molecule has 2 aliphatic rings. The average molecular weight is 333 g/mol. The molecule has 5 nitrogen and oxygen atoms in total.